The number of aryl methyl sites for hydroxylation is 1. The van der Waals surface area contributed by atoms with Gasteiger partial charge in [0.15, 0.2) is 0 Å². The number of hydrogen-bond donors (Lipinski definition) is 2. The minimum atomic E-state index is -4.58. The summed E-state index contributed by atoms with van der Waals surface area (Å²) in [4.78, 5) is 18.4. The number of benzene rings is 1. The molecule has 5 nitrogen and oxygen atoms in total. The lowest BCUT2D eigenvalue weighted by atomic mass is 9.85. The molecule has 1 aromatic rings. The Hall–Kier alpha value is -1.03. The van der Waals surface area contributed by atoms with E-state index in [4.69, 9.17) is 9.26 Å². The van der Waals surface area contributed by atoms with Gasteiger partial charge in [-0.2, -0.15) is 0 Å². The quantitative estimate of drug-likeness (QED) is 0.253. The van der Waals surface area contributed by atoms with Crippen molar-refractivity contribution in [3.05, 3.63) is 22.8 Å². The van der Waals surface area contributed by atoms with E-state index >= 15 is 0 Å². The summed E-state index contributed by atoms with van der Waals surface area (Å²) < 4.78 is 22.7. The lowest BCUT2D eigenvalue weighted by Gasteiger charge is -2.37. The summed E-state index contributed by atoms with van der Waals surface area (Å²) in [5.41, 5.74) is 2.40. The second kappa shape index (κ2) is 12.8. The van der Waals surface area contributed by atoms with Crippen LogP contribution in [0, 0.1) is 31.6 Å². The van der Waals surface area contributed by atoms with Crippen molar-refractivity contribution in [2.45, 2.75) is 125 Å². The fraction of sp³-hybridized carbons (Fsp3) is 0.786. The van der Waals surface area contributed by atoms with Gasteiger partial charge in [-0.1, -0.05) is 72.6 Å². The first-order chi connectivity index (χ1) is 15.8. The fourth-order valence-electron chi connectivity index (χ4n) is 5.15. The van der Waals surface area contributed by atoms with Crippen molar-refractivity contribution in [3.63, 3.8) is 0 Å². The normalized spacial score (nSPS) is 20.1. The van der Waals surface area contributed by atoms with Crippen LogP contribution in [0.25, 0.3) is 0 Å². The summed E-state index contributed by atoms with van der Waals surface area (Å²) in [5, 5.41) is 0. The Morgan fingerprint density at radius 1 is 0.971 bits per heavy atom. The first-order valence-corrected chi connectivity index (χ1v) is 14.9. The van der Waals surface area contributed by atoms with Crippen molar-refractivity contribution in [2.75, 3.05) is 0 Å². The third-order valence-electron chi connectivity index (χ3n) is 7.63. The van der Waals surface area contributed by atoms with Gasteiger partial charge in [-0.3, -0.25) is 9.79 Å². The van der Waals surface area contributed by atoms with Crippen molar-refractivity contribution in [1.29, 1.82) is 0 Å². The zero-order chi connectivity index (χ0) is 25.5. The summed E-state index contributed by atoms with van der Waals surface area (Å²) in [5.74, 6) is 3.53. The maximum absolute atomic E-state index is 11.3. The lowest BCUT2D eigenvalue weighted by Crippen LogP contribution is -2.36. The Kier molecular flexibility index (Phi) is 11.0. The van der Waals surface area contributed by atoms with Crippen molar-refractivity contribution < 1.29 is 23.6 Å². The predicted octanol–water partition coefficient (Wildman–Crippen LogP) is 8.30. The summed E-state index contributed by atoms with van der Waals surface area (Å²) in [7, 11) is -4.58. The number of ether oxygens (including phenoxy) is 1. The molecule has 6 heteroatoms. The van der Waals surface area contributed by atoms with Crippen LogP contribution >= 0.6 is 7.82 Å². The Morgan fingerprint density at radius 3 is 2.09 bits per heavy atom. The minimum absolute atomic E-state index is 0.194. The summed E-state index contributed by atoms with van der Waals surface area (Å²) in [6.45, 7) is 15.4. The molecule has 2 rings (SSSR count). The fourth-order valence-corrected chi connectivity index (χ4v) is 5.60. The Labute approximate surface area is 208 Å². The monoisotopic (exact) mass is 496 g/mol. The van der Waals surface area contributed by atoms with Crippen molar-refractivity contribution in [3.8, 4) is 11.5 Å². The van der Waals surface area contributed by atoms with Gasteiger partial charge in [-0.05, 0) is 87.0 Å². The van der Waals surface area contributed by atoms with Gasteiger partial charge in [-0.15, -0.1) is 0 Å². The number of phosphoric acid groups is 1. The van der Waals surface area contributed by atoms with Crippen molar-refractivity contribution in [2.24, 2.45) is 17.8 Å². The smallest absolute Gasteiger partial charge is 0.487 e. The Bertz CT molecular complexity index is 831. The van der Waals surface area contributed by atoms with Gasteiger partial charge in [0.2, 0.25) is 0 Å². The highest BCUT2D eigenvalue weighted by atomic mass is 31.2. The Morgan fingerprint density at radius 2 is 1.53 bits per heavy atom. The molecule has 0 amide bonds. The van der Waals surface area contributed by atoms with Crippen LogP contribution in [0.4, 0.5) is 0 Å². The topological polar surface area (TPSA) is 76.0 Å². The maximum atomic E-state index is 11.3. The largest absolute Gasteiger partial charge is 0.524 e. The average Bonchev–Trinajstić information content (AvgIpc) is 2.71. The highest BCUT2D eigenvalue weighted by molar-refractivity contribution is 7.46. The molecule has 0 fully saturated rings. The second-order valence-electron chi connectivity index (χ2n) is 11.6. The SMILES string of the molecule is Cc1c(OP(=O)(O)O)cc2c(c1C)OC(C)(CCCC(C)CCCC(C)CCCC(C)C)CC2. The van der Waals surface area contributed by atoms with Crippen LogP contribution in [0.5, 0.6) is 11.5 Å². The van der Waals surface area contributed by atoms with Crippen molar-refractivity contribution in [1.82, 2.24) is 0 Å². The number of hydrogen-bond acceptors (Lipinski definition) is 3. The van der Waals surface area contributed by atoms with Crippen LogP contribution < -0.4 is 9.26 Å². The molecule has 1 aliphatic rings. The van der Waals surface area contributed by atoms with Gasteiger partial charge in [0.05, 0.1) is 0 Å². The van der Waals surface area contributed by atoms with E-state index in [9.17, 15) is 14.4 Å². The van der Waals surface area contributed by atoms with Gasteiger partial charge < -0.3 is 9.26 Å². The molecule has 1 aliphatic heterocycles. The van der Waals surface area contributed by atoms with E-state index in [0.717, 1.165) is 65.9 Å². The van der Waals surface area contributed by atoms with Gasteiger partial charge in [-0.25, -0.2) is 4.57 Å². The second-order valence-corrected chi connectivity index (χ2v) is 12.8. The first-order valence-electron chi connectivity index (χ1n) is 13.4. The summed E-state index contributed by atoms with van der Waals surface area (Å²) in [6, 6.07) is 1.74. The van der Waals surface area contributed by atoms with E-state index in [1.807, 2.05) is 13.8 Å². The Balaban J connectivity index is 1.79. The molecule has 0 radical (unpaired) electrons. The van der Waals surface area contributed by atoms with E-state index in [1.54, 1.807) is 6.07 Å². The summed E-state index contributed by atoms with van der Waals surface area (Å²) >= 11 is 0. The van der Waals surface area contributed by atoms with E-state index in [2.05, 4.69) is 34.6 Å². The molecule has 2 N–H and O–H groups in total. The number of rotatable bonds is 14. The molecule has 3 atom stereocenters. The maximum Gasteiger partial charge on any atom is 0.524 e. The van der Waals surface area contributed by atoms with Crippen LogP contribution in [0.15, 0.2) is 6.07 Å². The van der Waals surface area contributed by atoms with Crippen LogP contribution in [-0.4, -0.2) is 15.4 Å². The van der Waals surface area contributed by atoms with Crippen LogP contribution in [0.2, 0.25) is 0 Å². The lowest BCUT2D eigenvalue weighted by molar-refractivity contribution is 0.0514. The molecule has 34 heavy (non-hydrogen) atoms. The molecule has 196 valence electrons. The van der Waals surface area contributed by atoms with E-state index in [0.29, 0.717) is 0 Å². The standard InChI is InChI=1S/C28H49O5P/c1-20(2)11-8-12-21(3)13-9-14-22(4)15-10-17-28(7)18-16-25-19-26(33-34(29,30)31)23(5)24(6)27(25)32-28/h19-22H,8-18H2,1-7H3,(H2,29,30,31). The summed E-state index contributed by atoms with van der Waals surface area (Å²) in [6.07, 6.45) is 13.3. The van der Waals surface area contributed by atoms with E-state index < -0.39 is 7.82 Å². The van der Waals surface area contributed by atoms with E-state index in [-0.39, 0.29) is 11.4 Å². The third kappa shape index (κ3) is 9.55. The zero-order valence-corrected chi connectivity index (χ0v) is 23.5. The van der Waals surface area contributed by atoms with Crippen LogP contribution in [-0.2, 0) is 11.0 Å². The number of phosphoric ester groups is 1. The van der Waals surface area contributed by atoms with Gasteiger partial charge in [0, 0.05) is 0 Å². The van der Waals surface area contributed by atoms with Crippen LogP contribution in [0.1, 0.15) is 116 Å². The highest BCUT2D eigenvalue weighted by Gasteiger charge is 2.33. The van der Waals surface area contributed by atoms with Gasteiger partial charge in [0.25, 0.3) is 0 Å². The minimum Gasteiger partial charge on any atom is -0.487 e. The molecule has 1 aromatic carbocycles. The first kappa shape index (κ1) is 29.2. The molecular weight excluding hydrogens is 447 g/mol. The molecule has 0 saturated carbocycles. The van der Waals surface area contributed by atoms with Gasteiger partial charge in [0.1, 0.15) is 17.1 Å². The molecule has 0 aromatic heterocycles. The average molecular weight is 497 g/mol. The van der Waals surface area contributed by atoms with E-state index in [1.165, 1.54) is 44.9 Å². The molecule has 0 aliphatic carbocycles. The molecule has 0 spiro atoms. The molecule has 3 unspecified atom stereocenters. The number of fused-ring (bicyclic) bond motifs is 1. The molecular formula is C28H49O5P. The van der Waals surface area contributed by atoms with Crippen LogP contribution in [0.3, 0.4) is 0 Å². The third-order valence-corrected chi connectivity index (χ3v) is 8.07. The van der Waals surface area contributed by atoms with Gasteiger partial charge >= 0.3 is 7.82 Å². The molecule has 0 bridgehead atoms. The van der Waals surface area contributed by atoms with Crippen molar-refractivity contribution >= 4 is 7.82 Å². The zero-order valence-electron chi connectivity index (χ0n) is 22.7. The molecule has 1 heterocycles. The highest BCUT2D eigenvalue weighted by Crippen LogP contribution is 2.46. The molecule has 0 saturated heterocycles. The predicted molar refractivity (Wildman–Crippen MR) is 141 cm³/mol.